The van der Waals surface area contributed by atoms with Crippen LogP contribution in [0.25, 0.3) is 0 Å². The molecule has 5 heteroatoms. The van der Waals surface area contributed by atoms with Crippen LogP contribution >= 0.6 is 0 Å². The average molecular weight is 372 g/mol. The minimum absolute atomic E-state index is 0.0172. The molecule has 2 N–H and O–H groups in total. The smallest absolute Gasteiger partial charge is 0.317 e. The molecule has 2 fully saturated rings. The molecule has 1 atom stereocenters. The first-order chi connectivity index (χ1) is 13.2. The Balaban J connectivity index is 1.59. The summed E-state index contributed by atoms with van der Waals surface area (Å²) in [6.07, 6.45) is 8.44. The Morgan fingerprint density at radius 2 is 1.89 bits per heavy atom. The quantitative estimate of drug-likeness (QED) is 0.824. The molecule has 0 aromatic heterocycles. The van der Waals surface area contributed by atoms with E-state index >= 15 is 0 Å². The lowest BCUT2D eigenvalue weighted by molar-refractivity contribution is 0.0943. The van der Waals surface area contributed by atoms with Crippen LogP contribution < -0.4 is 10.6 Å². The molecule has 0 bridgehead atoms. The monoisotopic (exact) mass is 371 g/mol. The minimum Gasteiger partial charge on any atom is -0.352 e. The van der Waals surface area contributed by atoms with Crippen LogP contribution in [0.15, 0.2) is 24.3 Å². The van der Waals surface area contributed by atoms with Gasteiger partial charge in [0.2, 0.25) is 0 Å². The molecule has 2 aliphatic rings. The van der Waals surface area contributed by atoms with E-state index in [2.05, 4.69) is 16.7 Å². The van der Waals surface area contributed by atoms with Gasteiger partial charge in [-0.15, -0.1) is 0 Å². The van der Waals surface area contributed by atoms with Gasteiger partial charge in [0.1, 0.15) is 0 Å². The van der Waals surface area contributed by atoms with Gasteiger partial charge in [0.25, 0.3) is 5.91 Å². The zero-order valence-electron chi connectivity index (χ0n) is 16.5. The van der Waals surface area contributed by atoms with Crippen LogP contribution in [0.2, 0.25) is 0 Å². The van der Waals surface area contributed by atoms with Gasteiger partial charge in [0.15, 0.2) is 0 Å². The summed E-state index contributed by atoms with van der Waals surface area (Å²) in [7, 11) is 0. The van der Waals surface area contributed by atoms with Gasteiger partial charge in [-0.05, 0) is 56.2 Å². The standard InChI is InChI=1S/C22H33N3O2/c1-2-23-22(27)25-13-7-12-20(16-25)18-10-6-11-19(14-18)21(26)24-15-17-8-4-3-5-9-17/h6,10-11,14,17,20H,2-5,7-9,12-13,15-16H2,1H3,(H,23,27)(H,24,26). The second kappa shape index (κ2) is 9.77. The van der Waals surface area contributed by atoms with Gasteiger partial charge < -0.3 is 15.5 Å². The highest BCUT2D eigenvalue weighted by Crippen LogP contribution is 2.28. The molecule has 27 heavy (non-hydrogen) atoms. The summed E-state index contributed by atoms with van der Waals surface area (Å²) < 4.78 is 0. The van der Waals surface area contributed by atoms with Crippen LogP contribution in [-0.4, -0.2) is 43.0 Å². The highest BCUT2D eigenvalue weighted by atomic mass is 16.2. The SMILES string of the molecule is CCNC(=O)N1CCCC(c2cccc(C(=O)NCC3CCCCC3)c2)C1. The van der Waals surface area contributed by atoms with Gasteiger partial charge in [-0.1, -0.05) is 31.4 Å². The molecule has 1 aromatic rings. The number of carbonyl (C=O) groups excluding carboxylic acids is 2. The van der Waals surface area contributed by atoms with Gasteiger partial charge in [-0.3, -0.25) is 4.79 Å². The van der Waals surface area contributed by atoms with Crippen molar-refractivity contribution >= 4 is 11.9 Å². The maximum atomic E-state index is 12.6. The molecule has 0 spiro atoms. The van der Waals surface area contributed by atoms with Gasteiger partial charge in [0, 0.05) is 37.7 Å². The molecule has 0 radical (unpaired) electrons. The molecule has 1 heterocycles. The van der Waals surface area contributed by atoms with Crippen molar-refractivity contribution in [3.8, 4) is 0 Å². The molecule has 3 rings (SSSR count). The van der Waals surface area contributed by atoms with E-state index in [4.69, 9.17) is 0 Å². The molecule has 148 valence electrons. The molecule has 1 saturated heterocycles. The maximum absolute atomic E-state index is 12.6. The lowest BCUT2D eigenvalue weighted by Crippen LogP contribution is -2.44. The third kappa shape index (κ3) is 5.47. The van der Waals surface area contributed by atoms with Crippen molar-refractivity contribution in [3.63, 3.8) is 0 Å². The number of likely N-dealkylation sites (tertiary alicyclic amines) is 1. The first kappa shape index (κ1) is 19.7. The Morgan fingerprint density at radius 3 is 2.67 bits per heavy atom. The lowest BCUT2D eigenvalue weighted by Gasteiger charge is -2.33. The second-order valence-corrected chi connectivity index (χ2v) is 7.96. The molecule has 1 aliphatic heterocycles. The Bertz CT molecular complexity index is 640. The zero-order chi connectivity index (χ0) is 19.1. The predicted molar refractivity (Wildman–Crippen MR) is 108 cm³/mol. The van der Waals surface area contributed by atoms with Gasteiger partial charge in [0.05, 0.1) is 0 Å². The second-order valence-electron chi connectivity index (χ2n) is 7.96. The molecular weight excluding hydrogens is 338 g/mol. The molecule has 1 aliphatic carbocycles. The van der Waals surface area contributed by atoms with Crippen molar-refractivity contribution in [2.75, 3.05) is 26.2 Å². The summed E-state index contributed by atoms with van der Waals surface area (Å²) in [6.45, 7) is 4.91. The normalized spacial score (nSPS) is 20.9. The van der Waals surface area contributed by atoms with Crippen LogP contribution in [0.3, 0.4) is 0 Å². The fourth-order valence-corrected chi connectivity index (χ4v) is 4.36. The zero-order valence-corrected chi connectivity index (χ0v) is 16.5. The molecule has 3 amide bonds. The summed E-state index contributed by atoms with van der Waals surface area (Å²) in [4.78, 5) is 26.6. The molecule has 1 aromatic carbocycles. The van der Waals surface area contributed by atoms with Gasteiger partial charge in [-0.25, -0.2) is 4.79 Å². The van der Waals surface area contributed by atoms with E-state index in [-0.39, 0.29) is 11.9 Å². The van der Waals surface area contributed by atoms with Crippen LogP contribution in [0, 0.1) is 5.92 Å². The van der Waals surface area contributed by atoms with E-state index in [0.29, 0.717) is 18.4 Å². The van der Waals surface area contributed by atoms with Crippen molar-refractivity contribution < 1.29 is 9.59 Å². The van der Waals surface area contributed by atoms with E-state index in [0.717, 1.165) is 43.6 Å². The number of nitrogens with one attached hydrogen (secondary N) is 2. The largest absolute Gasteiger partial charge is 0.352 e. The Hall–Kier alpha value is -2.04. The molecule has 1 unspecified atom stereocenters. The Labute approximate surface area is 162 Å². The van der Waals surface area contributed by atoms with E-state index in [1.807, 2.05) is 30.0 Å². The minimum atomic E-state index is 0.0172. The van der Waals surface area contributed by atoms with E-state index in [1.54, 1.807) is 0 Å². The fraction of sp³-hybridized carbons (Fsp3) is 0.636. The van der Waals surface area contributed by atoms with Crippen molar-refractivity contribution in [2.45, 2.75) is 57.8 Å². The maximum Gasteiger partial charge on any atom is 0.317 e. The van der Waals surface area contributed by atoms with Gasteiger partial charge in [-0.2, -0.15) is 0 Å². The van der Waals surface area contributed by atoms with Crippen LogP contribution in [0.5, 0.6) is 0 Å². The number of carbonyl (C=O) groups is 2. The van der Waals surface area contributed by atoms with Crippen molar-refractivity contribution in [3.05, 3.63) is 35.4 Å². The number of urea groups is 1. The van der Waals surface area contributed by atoms with Crippen LogP contribution in [0.1, 0.15) is 73.7 Å². The summed E-state index contributed by atoms with van der Waals surface area (Å²) in [5.74, 6) is 0.959. The van der Waals surface area contributed by atoms with Gasteiger partial charge >= 0.3 is 6.03 Å². The molecule has 1 saturated carbocycles. The molecular formula is C22H33N3O2. The predicted octanol–water partition coefficient (Wildman–Crippen LogP) is 3.91. The average Bonchev–Trinajstić information content (AvgIpc) is 2.73. The fourth-order valence-electron chi connectivity index (χ4n) is 4.36. The van der Waals surface area contributed by atoms with E-state index < -0.39 is 0 Å². The number of amides is 3. The topological polar surface area (TPSA) is 61.4 Å². The van der Waals surface area contributed by atoms with Crippen LogP contribution in [0.4, 0.5) is 4.79 Å². The summed E-state index contributed by atoms with van der Waals surface area (Å²) >= 11 is 0. The lowest BCUT2D eigenvalue weighted by atomic mass is 9.89. The molecule has 5 nitrogen and oxygen atoms in total. The summed E-state index contributed by atoms with van der Waals surface area (Å²) in [5.41, 5.74) is 1.90. The van der Waals surface area contributed by atoms with Crippen LogP contribution in [-0.2, 0) is 0 Å². The number of hydrogen-bond donors (Lipinski definition) is 2. The van der Waals surface area contributed by atoms with E-state index in [1.165, 1.54) is 32.1 Å². The van der Waals surface area contributed by atoms with Crippen molar-refractivity contribution in [1.29, 1.82) is 0 Å². The Kier molecular flexibility index (Phi) is 7.13. The number of benzene rings is 1. The van der Waals surface area contributed by atoms with E-state index in [9.17, 15) is 9.59 Å². The number of rotatable bonds is 5. The summed E-state index contributed by atoms with van der Waals surface area (Å²) in [6, 6.07) is 7.98. The number of nitrogens with zero attached hydrogens (tertiary/aromatic N) is 1. The first-order valence-corrected chi connectivity index (χ1v) is 10.6. The number of piperidine rings is 1. The van der Waals surface area contributed by atoms with Crippen molar-refractivity contribution in [1.82, 2.24) is 15.5 Å². The highest BCUT2D eigenvalue weighted by Gasteiger charge is 2.25. The summed E-state index contributed by atoms with van der Waals surface area (Å²) in [5, 5.41) is 6.02. The number of hydrogen-bond acceptors (Lipinski definition) is 2. The highest BCUT2D eigenvalue weighted by molar-refractivity contribution is 5.94. The van der Waals surface area contributed by atoms with Crippen molar-refractivity contribution in [2.24, 2.45) is 5.92 Å². The third-order valence-corrected chi connectivity index (χ3v) is 5.93. The third-order valence-electron chi connectivity index (χ3n) is 5.93. The first-order valence-electron chi connectivity index (χ1n) is 10.6. The Morgan fingerprint density at radius 1 is 1.07 bits per heavy atom.